The third-order valence-corrected chi connectivity index (χ3v) is 8.18. The molecule has 0 aromatic heterocycles. The summed E-state index contributed by atoms with van der Waals surface area (Å²) in [7, 11) is 0. The molecule has 0 radical (unpaired) electrons. The Kier molecular flexibility index (Phi) is 2.33. The average molecular weight is 352 g/mol. The predicted molar refractivity (Wildman–Crippen MR) is 96.9 cm³/mol. The zero-order valence-corrected chi connectivity index (χ0v) is 15.2. The van der Waals surface area contributed by atoms with Gasteiger partial charge in [-0.1, -0.05) is 26.3 Å². The smallest absolute Gasteiger partial charge is 0.161 e. The summed E-state index contributed by atoms with van der Waals surface area (Å²) in [5.41, 5.74) is -3.35. The predicted octanol–water partition coefficient (Wildman–Crippen LogP) is 4.08. The van der Waals surface area contributed by atoms with Crippen LogP contribution in [0, 0.1) is 34.5 Å². The molecular formula is C22H32O3. The molecule has 25 heavy (non-hydrogen) atoms. The fourth-order valence-corrected chi connectivity index (χ4v) is 6.77. The Labute approximate surface area is 161 Å². The van der Waals surface area contributed by atoms with E-state index in [1.807, 2.05) is 6.92 Å². The van der Waals surface area contributed by atoms with Crippen molar-refractivity contribution >= 4 is 11.6 Å². The van der Waals surface area contributed by atoms with Crippen LogP contribution in [-0.2, 0) is 9.59 Å². The lowest BCUT2D eigenvalue weighted by Crippen LogP contribution is -2.57. The van der Waals surface area contributed by atoms with E-state index in [9.17, 15) is 14.7 Å². The summed E-state index contributed by atoms with van der Waals surface area (Å²) in [6.07, 6.45) is -0.497. The van der Waals surface area contributed by atoms with Crippen molar-refractivity contribution in [2.24, 2.45) is 34.5 Å². The first-order valence-electron chi connectivity index (χ1n) is 12.9. The number of allylic oxidation sites excluding steroid dienone is 1. The van der Waals surface area contributed by atoms with Crippen LogP contribution in [0.2, 0.25) is 0 Å². The van der Waals surface area contributed by atoms with Crippen molar-refractivity contribution in [2.45, 2.75) is 78.1 Å². The number of hydrogen-bond acceptors (Lipinski definition) is 3. The second-order valence-electron chi connectivity index (χ2n) is 9.15. The van der Waals surface area contributed by atoms with E-state index in [1.54, 1.807) is 13.8 Å². The summed E-state index contributed by atoms with van der Waals surface area (Å²) in [6.45, 7) is 2.42. The van der Waals surface area contributed by atoms with Crippen LogP contribution in [0.1, 0.15) is 82.1 Å². The Morgan fingerprint density at radius 2 is 2.08 bits per heavy atom. The van der Waals surface area contributed by atoms with Crippen LogP contribution in [0.4, 0.5) is 0 Å². The van der Waals surface area contributed by atoms with Crippen molar-refractivity contribution in [1.82, 2.24) is 0 Å². The largest absolute Gasteiger partial charge is 0.382 e. The van der Waals surface area contributed by atoms with Gasteiger partial charge in [0, 0.05) is 20.0 Å². The summed E-state index contributed by atoms with van der Waals surface area (Å²) in [5, 5.41) is 11.4. The topological polar surface area (TPSA) is 54.4 Å². The molecule has 0 spiro atoms. The van der Waals surface area contributed by atoms with Crippen molar-refractivity contribution < 1.29 is 24.3 Å². The van der Waals surface area contributed by atoms with Gasteiger partial charge in [-0.3, -0.25) is 9.59 Å². The zero-order chi connectivity index (χ0) is 24.3. The van der Waals surface area contributed by atoms with Gasteiger partial charge < -0.3 is 5.11 Å². The van der Waals surface area contributed by atoms with Gasteiger partial charge in [-0.2, -0.15) is 0 Å². The third-order valence-electron chi connectivity index (χ3n) is 8.18. The number of hydrogen-bond donors (Lipinski definition) is 1. The minimum atomic E-state index is -2.90. The molecule has 1 N–H and O–H groups in total. The van der Waals surface area contributed by atoms with Crippen molar-refractivity contribution in [1.29, 1.82) is 0 Å². The lowest BCUT2D eigenvalue weighted by Gasteiger charge is -2.60. The number of aliphatic hydroxyl groups is 1. The van der Waals surface area contributed by atoms with E-state index in [0.717, 1.165) is 0 Å². The molecule has 3 saturated carbocycles. The van der Waals surface area contributed by atoms with E-state index in [0.29, 0.717) is 31.3 Å². The van der Waals surface area contributed by atoms with E-state index < -0.39 is 47.1 Å². The number of ketones is 2. The highest BCUT2D eigenvalue weighted by Crippen LogP contribution is 2.68. The van der Waals surface area contributed by atoms with Gasteiger partial charge in [-0.05, 0) is 80.5 Å². The molecular weight excluding hydrogens is 312 g/mol. The molecule has 4 aliphatic rings. The van der Waals surface area contributed by atoms with Crippen LogP contribution in [0.15, 0.2) is 11.6 Å². The Hall–Kier alpha value is -0.960. The summed E-state index contributed by atoms with van der Waals surface area (Å²) in [6, 6.07) is -0.381. The highest BCUT2D eigenvalue weighted by atomic mass is 16.3. The average Bonchev–Trinajstić information content (AvgIpc) is 2.89. The number of carbonyl (C=O) groups is 2. The van der Waals surface area contributed by atoms with E-state index >= 15 is 0 Å². The maximum Gasteiger partial charge on any atom is 0.161 e. The molecule has 0 saturated heterocycles. The standard InChI is InChI=1S/C22H32O3/c1-13-11-16-17(20(3)8-5-15(24)12-19(13)20)6-9-21(4)18(16)7-10-22(21,25)14(2)23/h12-13,16-18,25H,5-11H2,1-4H3/t13-,16+,17-,18-,20+,21-,22-/m0/s1/i2D3,5D2,12D,13D. The molecule has 3 nitrogen and oxygen atoms in total. The Balaban J connectivity index is 1.81. The highest BCUT2D eigenvalue weighted by Gasteiger charge is 2.66. The minimum Gasteiger partial charge on any atom is -0.382 e. The SMILES string of the molecule is [2H]C1=C2[C@@]([2H])(C)C[C@@H]3[C@H](CC[C@@]4(C)[C@H]3CC[C@]4(O)C(=O)C([2H])([2H])[2H])[C@@]2(C)CC([2H])([2H])C1=O. The van der Waals surface area contributed by atoms with Gasteiger partial charge in [0.15, 0.2) is 11.6 Å². The third kappa shape index (κ3) is 2.08. The first-order valence-corrected chi connectivity index (χ1v) is 9.37. The molecule has 3 fully saturated rings. The van der Waals surface area contributed by atoms with E-state index in [-0.39, 0.29) is 36.6 Å². The Morgan fingerprint density at radius 1 is 1.36 bits per heavy atom. The highest BCUT2D eigenvalue weighted by molar-refractivity contribution is 5.91. The fraction of sp³-hybridized carbons (Fsp3) is 0.818. The Morgan fingerprint density at radius 3 is 2.80 bits per heavy atom. The molecule has 4 aliphatic carbocycles. The van der Waals surface area contributed by atoms with Gasteiger partial charge in [0.25, 0.3) is 0 Å². The molecule has 0 aromatic rings. The van der Waals surface area contributed by atoms with E-state index in [2.05, 4.69) is 0 Å². The van der Waals surface area contributed by atoms with Gasteiger partial charge >= 0.3 is 0 Å². The number of rotatable bonds is 1. The number of fused-ring (bicyclic) bond motifs is 5. The van der Waals surface area contributed by atoms with Crippen molar-refractivity contribution in [2.75, 3.05) is 0 Å². The minimum absolute atomic E-state index is 0.0613. The molecule has 138 valence electrons. The van der Waals surface area contributed by atoms with Gasteiger partial charge in [-0.25, -0.2) is 0 Å². The Bertz CT molecular complexity index is 923. The number of carbonyl (C=O) groups excluding carboxylic acids is 2. The van der Waals surface area contributed by atoms with Gasteiger partial charge in [0.05, 0.1) is 1.37 Å². The van der Waals surface area contributed by atoms with Crippen LogP contribution in [-0.4, -0.2) is 22.3 Å². The molecule has 0 aromatic carbocycles. The van der Waals surface area contributed by atoms with Crippen LogP contribution >= 0.6 is 0 Å². The number of Topliss-reactive ketones (excluding diaryl/α,β-unsaturated/α-hetero) is 1. The summed E-state index contributed by atoms with van der Waals surface area (Å²) in [4.78, 5) is 25.4. The first-order chi connectivity index (χ1) is 14.3. The lowest BCUT2D eigenvalue weighted by molar-refractivity contribution is -0.161. The van der Waals surface area contributed by atoms with Gasteiger partial charge in [0.2, 0.25) is 0 Å². The molecule has 4 rings (SSSR count). The molecule has 3 heteroatoms. The molecule has 0 amide bonds. The van der Waals surface area contributed by atoms with E-state index in [1.165, 1.54) is 0 Å². The molecule has 7 atom stereocenters. The summed E-state index contributed by atoms with van der Waals surface area (Å²) in [5.74, 6) is -3.67. The van der Waals surface area contributed by atoms with Crippen LogP contribution < -0.4 is 0 Å². The normalized spacial score (nSPS) is 62.0. The van der Waals surface area contributed by atoms with Gasteiger partial charge in [0.1, 0.15) is 5.60 Å². The van der Waals surface area contributed by atoms with Crippen molar-refractivity contribution in [3.8, 4) is 0 Å². The molecule has 0 unspecified atom stereocenters. The van der Waals surface area contributed by atoms with Crippen LogP contribution in [0.5, 0.6) is 0 Å². The maximum atomic E-state index is 12.8. The zero-order valence-electron chi connectivity index (χ0n) is 22.2. The van der Waals surface area contributed by atoms with Gasteiger partial charge in [-0.15, -0.1) is 0 Å². The second-order valence-corrected chi connectivity index (χ2v) is 9.15. The first kappa shape index (κ1) is 11.0. The summed E-state index contributed by atoms with van der Waals surface area (Å²) >= 11 is 0. The molecule has 0 heterocycles. The van der Waals surface area contributed by atoms with Crippen molar-refractivity contribution in [3.63, 3.8) is 0 Å². The monoisotopic (exact) mass is 351 g/mol. The quantitative estimate of drug-likeness (QED) is 0.774. The van der Waals surface area contributed by atoms with Crippen LogP contribution in [0.25, 0.3) is 0 Å². The molecule has 0 bridgehead atoms. The maximum absolute atomic E-state index is 12.8. The lowest BCUT2D eigenvalue weighted by atomic mass is 9.45. The van der Waals surface area contributed by atoms with Crippen LogP contribution in [0.3, 0.4) is 0 Å². The summed E-state index contributed by atoms with van der Waals surface area (Å²) < 4.78 is 56.9. The second kappa shape index (κ2) is 5.28. The fourth-order valence-electron chi connectivity index (χ4n) is 6.77. The van der Waals surface area contributed by atoms with E-state index in [4.69, 9.17) is 9.60 Å². The molecule has 0 aliphatic heterocycles. The van der Waals surface area contributed by atoms with Crippen molar-refractivity contribution in [3.05, 3.63) is 11.6 Å².